The summed E-state index contributed by atoms with van der Waals surface area (Å²) < 4.78 is 1.29. The van der Waals surface area contributed by atoms with Crippen LogP contribution in [0.4, 0.5) is 0 Å². The number of piperidine rings is 1. The Morgan fingerprint density at radius 3 is 2.67 bits per heavy atom. The van der Waals surface area contributed by atoms with Crippen LogP contribution in [0.2, 0.25) is 0 Å². The lowest BCUT2D eigenvalue weighted by Gasteiger charge is -2.47. The zero-order valence-corrected chi connectivity index (χ0v) is 25.3. The van der Waals surface area contributed by atoms with Crippen LogP contribution in [0.25, 0.3) is 0 Å². The summed E-state index contributed by atoms with van der Waals surface area (Å²) in [6, 6.07) is -0.481. The fourth-order valence-electron chi connectivity index (χ4n) is 8.78. The van der Waals surface area contributed by atoms with Gasteiger partial charge in [0.1, 0.15) is 18.6 Å². The van der Waals surface area contributed by atoms with Crippen LogP contribution in [0.15, 0.2) is 16.9 Å². The number of thioether (sulfide) groups is 1. The summed E-state index contributed by atoms with van der Waals surface area (Å²) in [6.07, 6.45) is 7.50. The van der Waals surface area contributed by atoms with Gasteiger partial charge in [-0.15, -0.1) is 16.9 Å². The SMILES string of the molecule is C[C@@H](NC(=O)Cn1cnnn1)[C@H]1C(=O)N2C(C(=O)O)=C(S[C@@H]3CN[C@H](C(=O)N4C5CCC4CC4(CCNC4)C5)C3)[C@H](C)[C@H]12. The van der Waals surface area contributed by atoms with Crippen molar-refractivity contribution in [1.29, 1.82) is 0 Å². The molecular formula is C28H39N9O5S. The lowest BCUT2D eigenvalue weighted by molar-refractivity contribution is -0.158. The topological polar surface area (TPSA) is 175 Å². The van der Waals surface area contributed by atoms with Crippen LogP contribution in [0.5, 0.6) is 0 Å². The van der Waals surface area contributed by atoms with Crippen molar-refractivity contribution in [3.63, 3.8) is 0 Å². The van der Waals surface area contributed by atoms with E-state index in [4.69, 9.17) is 0 Å². The number of nitrogens with one attached hydrogen (secondary N) is 3. The molecule has 0 aromatic carbocycles. The molecule has 7 heterocycles. The number of fused-ring (bicyclic) bond motifs is 3. The van der Waals surface area contributed by atoms with Gasteiger partial charge in [0.2, 0.25) is 17.7 Å². The Morgan fingerprint density at radius 1 is 1.26 bits per heavy atom. The fraction of sp³-hybridized carbons (Fsp3) is 0.750. The molecule has 5 saturated heterocycles. The van der Waals surface area contributed by atoms with Gasteiger partial charge in [-0.05, 0) is 67.8 Å². The summed E-state index contributed by atoms with van der Waals surface area (Å²) in [5.41, 5.74) is 0.386. The van der Waals surface area contributed by atoms with E-state index in [2.05, 4.69) is 36.4 Å². The molecule has 1 aromatic heterocycles. The number of hydrogen-bond donors (Lipinski definition) is 4. The molecule has 14 nitrogen and oxygen atoms in total. The third-order valence-corrected chi connectivity index (χ3v) is 12.2. The first-order chi connectivity index (χ1) is 20.7. The Labute approximate surface area is 253 Å². The first-order valence-corrected chi connectivity index (χ1v) is 16.3. The second-order valence-electron chi connectivity index (χ2n) is 13.3. The molecule has 6 aliphatic heterocycles. The van der Waals surface area contributed by atoms with Gasteiger partial charge >= 0.3 is 5.97 Å². The highest BCUT2D eigenvalue weighted by Crippen LogP contribution is 2.52. The zero-order chi connectivity index (χ0) is 30.0. The summed E-state index contributed by atoms with van der Waals surface area (Å²) in [4.78, 5) is 56.2. The molecular weight excluding hydrogens is 574 g/mol. The maximum absolute atomic E-state index is 13.8. The molecule has 43 heavy (non-hydrogen) atoms. The van der Waals surface area contributed by atoms with E-state index < -0.39 is 17.9 Å². The van der Waals surface area contributed by atoms with E-state index in [0.29, 0.717) is 35.4 Å². The van der Waals surface area contributed by atoms with Crippen molar-refractivity contribution in [1.82, 2.24) is 46.0 Å². The number of carboxylic acids is 1. The minimum Gasteiger partial charge on any atom is -0.477 e. The second kappa shape index (κ2) is 10.8. The number of aliphatic carboxylic acids is 1. The number of nitrogens with zero attached hydrogens (tertiary/aromatic N) is 6. The maximum Gasteiger partial charge on any atom is 0.353 e. The lowest BCUT2D eigenvalue weighted by atomic mass is 9.74. The van der Waals surface area contributed by atoms with Gasteiger partial charge in [-0.3, -0.25) is 14.4 Å². The molecule has 1 aromatic rings. The first-order valence-electron chi connectivity index (χ1n) is 15.4. The first kappa shape index (κ1) is 28.7. The average molecular weight is 614 g/mol. The number of carboxylic acid groups (broad SMARTS) is 1. The van der Waals surface area contributed by atoms with E-state index in [1.165, 1.54) is 34.1 Å². The third-order valence-electron chi connectivity index (χ3n) is 10.6. The van der Waals surface area contributed by atoms with Crippen molar-refractivity contribution in [2.75, 3.05) is 19.6 Å². The fourth-order valence-corrected chi connectivity index (χ4v) is 10.3. The van der Waals surface area contributed by atoms with Crippen LogP contribution < -0.4 is 16.0 Å². The number of β-lactam (4-membered cyclic amide) rings is 1. The molecule has 15 heteroatoms. The monoisotopic (exact) mass is 613 g/mol. The van der Waals surface area contributed by atoms with E-state index in [0.717, 1.165) is 38.8 Å². The van der Waals surface area contributed by atoms with Crippen molar-refractivity contribution >= 4 is 35.5 Å². The molecule has 0 saturated carbocycles. The summed E-state index contributed by atoms with van der Waals surface area (Å²) in [5.74, 6) is -2.31. The van der Waals surface area contributed by atoms with Gasteiger partial charge < -0.3 is 30.9 Å². The predicted molar refractivity (Wildman–Crippen MR) is 154 cm³/mol. The number of aromatic nitrogens is 4. The maximum atomic E-state index is 13.8. The van der Waals surface area contributed by atoms with Crippen LogP contribution in [-0.2, 0) is 25.7 Å². The summed E-state index contributed by atoms with van der Waals surface area (Å²) >= 11 is 1.49. The Hall–Kier alpha value is -3.04. The van der Waals surface area contributed by atoms with Gasteiger partial charge in [0.05, 0.1) is 18.0 Å². The van der Waals surface area contributed by atoms with Crippen LogP contribution in [0, 0.1) is 17.3 Å². The molecule has 0 radical (unpaired) electrons. The molecule has 4 N–H and O–H groups in total. The average Bonchev–Trinajstić information content (AvgIpc) is 3.78. The predicted octanol–water partition coefficient (Wildman–Crippen LogP) is -0.452. The molecule has 5 fully saturated rings. The van der Waals surface area contributed by atoms with Gasteiger partial charge in [-0.2, -0.15) is 0 Å². The van der Waals surface area contributed by atoms with E-state index in [-0.39, 0.29) is 53.2 Å². The number of tetrazole rings is 1. The molecule has 3 amide bonds. The zero-order valence-electron chi connectivity index (χ0n) is 24.4. The van der Waals surface area contributed by atoms with Crippen LogP contribution in [-0.4, -0.2) is 114 Å². The molecule has 8 atom stereocenters. The largest absolute Gasteiger partial charge is 0.477 e. The second-order valence-corrected chi connectivity index (χ2v) is 14.6. The summed E-state index contributed by atoms with van der Waals surface area (Å²) in [5, 5.41) is 30.7. The van der Waals surface area contributed by atoms with E-state index in [9.17, 15) is 24.3 Å². The normalized spacial score (nSPS) is 37.2. The molecule has 2 bridgehead atoms. The van der Waals surface area contributed by atoms with Gasteiger partial charge in [0.15, 0.2) is 0 Å². The van der Waals surface area contributed by atoms with Crippen molar-refractivity contribution in [2.24, 2.45) is 17.3 Å². The molecule has 2 unspecified atom stereocenters. The number of amides is 3. The smallest absolute Gasteiger partial charge is 0.353 e. The van der Waals surface area contributed by atoms with Gasteiger partial charge in [0, 0.05) is 47.3 Å². The Balaban J connectivity index is 0.991. The third kappa shape index (κ3) is 4.83. The minimum atomic E-state index is -1.13. The van der Waals surface area contributed by atoms with Crippen LogP contribution >= 0.6 is 11.8 Å². The molecule has 232 valence electrons. The number of rotatable bonds is 8. The molecule has 1 spiro atoms. The highest BCUT2D eigenvalue weighted by Gasteiger charge is 2.61. The van der Waals surface area contributed by atoms with Gasteiger partial charge in [-0.25, -0.2) is 9.48 Å². The Morgan fingerprint density at radius 2 is 2.02 bits per heavy atom. The van der Waals surface area contributed by atoms with Crippen molar-refractivity contribution in [3.8, 4) is 0 Å². The van der Waals surface area contributed by atoms with E-state index >= 15 is 0 Å². The van der Waals surface area contributed by atoms with Crippen molar-refractivity contribution in [3.05, 3.63) is 16.9 Å². The van der Waals surface area contributed by atoms with Crippen LogP contribution in [0.3, 0.4) is 0 Å². The van der Waals surface area contributed by atoms with Gasteiger partial charge in [-0.1, -0.05) is 6.92 Å². The number of carbonyl (C=O) groups excluding carboxylic acids is 3. The lowest BCUT2D eigenvalue weighted by Crippen LogP contribution is -2.66. The highest BCUT2D eigenvalue weighted by atomic mass is 32.2. The number of hydrogen-bond acceptors (Lipinski definition) is 10. The van der Waals surface area contributed by atoms with Gasteiger partial charge in [0.25, 0.3) is 0 Å². The minimum absolute atomic E-state index is 0.0224. The Kier molecular flexibility index (Phi) is 7.24. The quantitative estimate of drug-likeness (QED) is 0.280. The van der Waals surface area contributed by atoms with Crippen molar-refractivity contribution < 1.29 is 24.3 Å². The molecule has 0 aliphatic carbocycles. The molecule has 7 rings (SSSR count). The molecule has 6 aliphatic rings. The Bertz CT molecular complexity index is 1330. The van der Waals surface area contributed by atoms with E-state index in [1.54, 1.807) is 6.92 Å². The van der Waals surface area contributed by atoms with E-state index in [1.807, 2.05) is 6.92 Å². The standard InChI is InChI=1S/C28H39N9O5S/c1-14-22-21(15(2)32-20(38)11-35-13-31-33-34-35)26(40)37(22)23(27(41)42)24(14)43-18-7-19(30-10-18)25(39)36-16-3-4-17(36)9-28(8-16)5-6-29-12-28/h13-19,21-22,29-30H,3-12H2,1-2H3,(H,32,38)(H,41,42)/t14-,15-,16?,17?,18+,19+,21-,22-,28?/m1/s1. The number of carbonyl (C=O) groups is 4. The summed E-state index contributed by atoms with van der Waals surface area (Å²) in [7, 11) is 0. The highest BCUT2D eigenvalue weighted by molar-refractivity contribution is 8.03. The summed E-state index contributed by atoms with van der Waals surface area (Å²) in [6.45, 7) is 6.39. The van der Waals surface area contributed by atoms with Crippen molar-refractivity contribution in [2.45, 2.75) is 94.4 Å². The van der Waals surface area contributed by atoms with Crippen LogP contribution in [0.1, 0.15) is 52.4 Å².